The van der Waals surface area contributed by atoms with Crippen LogP contribution in [0.2, 0.25) is 0 Å². The fourth-order valence-electron chi connectivity index (χ4n) is 4.95. The van der Waals surface area contributed by atoms with E-state index >= 15 is 0 Å². The SMILES string of the molecule is [CH2-]C(=Nc1ccc(C)cc1C(c1ccccc1)c1ccccc1)C(C)=Nc1c(C(C)C)cccc1C(C)C.[Ni]. The summed E-state index contributed by atoms with van der Waals surface area (Å²) in [5.74, 6) is 0.827. The van der Waals surface area contributed by atoms with Gasteiger partial charge in [-0.25, -0.2) is 6.92 Å². The van der Waals surface area contributed by atoms with Gasteiger partial charge in [0.1, 0.15) is 0 Å². The van der Waals surface area contributed by atoms with Crippen LogP contribution in [-0.2, 0) is 16.5 Å². The van der Waals surface area contributed by atoms with E-state index in [1.807, 2.05) is 6.92 Å². The van der Waals surface area contributed by atoms with Crippen molar-refractivity contribution in [1.29, 1.82) is 0 Å². The number of rotatable bonds is 8. The second-order valence-electron chi connectivity index (χ2n) is 10.7. The van der Waals surface area contributed by atoms with Gasteiger partial charge in [-0.15, -0.1) is 0 Å². The van der Waals surface area contributed by atoms with Crippen LogP contribution in [0.4, 0.5) is 11.4 Å². The number of aryl methyl sites for hydroxylation is 1. The first kappa shape index (κ1) is 30.1. The van der Waals surface area contributed by atoms with E-state index in [4.69, 9.17) is 9.98 Å². The van der Waals surface area contributed by atoms with E-state index < -0.39 is 0 Å². The second-order valence-corrected chi connectivity index (χ2v) is 10.7. The van der Waals surface area contributed by atoms with Crippen molar-refractivity contribution in [2.45, 2.75) is 59.3 Å². The molecule has 0 aliphatic heterocycles. The van der Waals surface area contributed by atoms with Crippen molar-refractivity contribution in [2.24, 2.45) is 9.98 Å². The number of nitrogens with zero attached hydrogens (tertiary/aromatic N) is 2. The van der Waals surface area contributed by atoms with Gasteiger partial charge in [0.05, 0.1) is 5.69 Å². The molecular formula is C36H39N2Ni-. The molecule has 2 nitrogen and oxygen atoms in total. The van der Waals surface area contributed by atoms with Crippen molar-refractivity contribution in [3.8, 4) is 0 Å². The van der Waals surface area contributed by atoms with Crippen molar-refractivity contribution >= 4 is 22.8 Å². The standard InChI is InChI=1S/C36H39N2.Ni/c1-24(2)31-19-14-20-32(25(3)4)36(31)38-28(7)27(6)37-34-22-21-26(5)23-33(34)35(29-15-10-8-11-16-29)30-17-12-9-13-18-30;/h8-25,35H,6H2,1-5,7H3;/q-1;. The summed E-state index contributed by atoms with van der Waals surface area (Å²) in [6.07, 6.45) is 0. The van der Waals surface area contributed by atoms with Crippen LogP contribution in [0.3, 0.4) is 0 Å². The maximum Gasteiger partial charge on any atom is 0.0642 e. The predicted octanol–water partition coefficient (Wildman–Crippen LogP) is 10.1. The molecule has 0 saturated heterocycles. The molecule has 0 radical (unpaired) electrons. The summed E-state index contributed by atoms with van der Waals surface area (Å²) in [5, 5.41) is 0. The van der Waals surface area contributed by atoms with Gasteiger partial charge in [0, 0.05) is 28.1 Å². The third-order valence-electron chi connectivity index (χ3n) is 7.05. The molecular weight excluding hydrogens is 519 g/mol. The Kier molecular flexibility index (Phi) is 10.5. The molecule has 0 aliphatic rings. The molecule has 3 heteroatoms. The monoisotopic (exact) mass is 557 g/mol. The maximum atomic E-state index is 5.13. The van der Waals surface area contributed by atoms with Gasteiger partial charge in [0.25, 0.3) is 0 Å². The smallest absolute Gasteiger partial charge is 0.0642 e. The van der Waals surface area contributed by atoms with Gasteiger partial charge in [0.2, 0.25) is 0 Å². The molecule has 0 amide bonds. The Morgan fingerprint density at radius 2 is 1.15 bits per heavy atom. The van der Waals surface area contributed by atoms with Gasteiger partial charge >= 0.3 is 0 Å². The van der Waals surface area contributed by atoms with E-state index in [9.17, 15) is 0 Å². The predicted molar refractivity (Wildman–Crippen MR) is 165 cm³/mol. The molecule has 0 unspecified atom stereocenters. The number of hydrogen-bond donors (Lipinski definition) is 0. The normalized spacial score (nSPS) is 12.2. The van der Waals surface area contributed by atoms with Crippen molar-refractivity contribution in [2.75, 3.05) is 0 Å². The fourth-order valence-corrected chi connectivity index (χ4v) is 4.95. The number of aliphatic imine (C=N–C) groups is 2. The molecule has 0 N–H and O–H groups in total. The quantitative estimate of drug-likeness (QED) is 0.0890. The molecule has 4 rings (SSSR count). The molecule has 0 fully saturated rings. The number of hydrogen-bond acceptors (Lipinski definition) is 2. The molecule has 0 aliphatic carbocycles. The summed E-state index contributed by atoms with van der Waals surface area (Å²) < 4.78 is 0. The summed E-state index contributed by atoms with van der Waals surface area (Å²) >= 11 is 0. The molecule has 204 valence electrons. The summed E-state index contributed by atoms with van der Waals surface area (Å²) in [6.45, 7) is 17.4. The first-order valence-corrected chi connectivity index (χ1v) is 13.6. The Morgan fingerprint density at radius 1 is 0.641 bits per heavy atom. The molecule has 0 heterocycles. The van der Waals surface area contributed by atoms with Crippen molar-refractivity contribution < 1.29 is 16.5 Å². The van der Waals surface area contributed by atoms with Gasteiger partial charge in [0.15, 0.2) is 0 Å². The Bertz CT molecular complexity index is 1370. The van der Waals surface area contributed by atoms with Crippen LogP contribution in [0.15, 0.2) is 107 Å². The topological polar surface area (TPSA) is 24.7 Å². The van der Waals surface area contributed by atoms with Crippen molar-refractivity contribution in [3.63, 3.8) is 0 Å². The van der Waals surface area contributed by atoms with Gasteiger partial charge < -0.3 is 4.99 Å². The molecule has 0 aromatic heterocycles. The molecule has 39 heavy (non-hydrogen) atoms. The second kappa shape index (κ2) is 13.6. The van der Waals surface area contributed by atoms with Crippen LogP contribution in [0.5, 0.6) is 0 Å². The van der Waals surface area contributed by atoms with Crippen LogP contribution >= 0.6 is 0 Å². The van der Waals surface area contributed by atoms with Gasteiger partial charge in [-0.3, -0.25) is 4.99 Å². The molecule has 0 atom stereocenters. The Morgan fingerprint density at radius 3 is 1.64 bits per heavy atom. The molecule has 0 bridgehead atoms. The van der Waals surface area contributed by atoms with Crippen LogP contribution in [0.1, 0.15) is 85.8 Å². The summed E-state index contributed by atoms with van der Waals surface area (Å²) in [6, 6.07) is 34.3. The van der Waals surface area contributed by atoms with E-state index in [0.29, 0.717) is 17.5 Å². The third kappa shape index (κ3) is 7.17. The number of para-hydroxylation sites is 1. The first-order valence-electron chi connectivity index (χ1n) is 13.6. The Balaban J connectivity index is 0.00000420. The summed E-state index contributed by atoms with van der Waals surface area (Å²) in [5.41, 5.74) is 10.9. The van der Waals surface area contributed by atoms with E-state index in [0.717, 1.165) is 17.1 Å². The zero-order valence-electron chi connectivity index (χ0n) is 23.9. The minimum Gasteiger partial charge on any atom is -0.346 e. The van der Waals surface area contributed by atoms with Crippen LogP contribution < -0.4 is 0 Å². The van der Waals surface area contributed by atoms with Crippen LogP contribution in [0, 0.1) is 13.8 Å². The Hall–Kier alpha value is -3.42. The van der Waals surface area contributed by atoms with E-state index in [-0.39, 0.29) is 22.4 Å². The van der Waals surface area contributed by atoms with E-state index in [2.05, 4.69) is 139 Å². The zero-order valence-corrected chi connectivity index (χ0v) is 24.9. The number of benzene rings is 4. The molecule has 0 spiro atoms. The van der Waals surface area contributed by atoms with Crippen molar-refractivity contribution in [3.05, 3.63) is 137 Å². The summed E-state index contributed by atoms with van der Waals surface area (Å²) in [4.78, 5) is 10.2. The minimum absolute atomic E-state index is 0. The average molecular weight is 558 g/mol. The largest absolute Gasteiger partial charge is 0.346 e. The van der Waals surface area contributed by atoms with E-state index in [1.54, 1.807) is 0 Å². The zero-order chi connectivity index (χ0) is 27.2. The molecule has 4 aromatic rings. The maximum absolute atomic E-state index is 5.13. The van der Waals surface area contributed by atoms with Crippen LogP contribution in [0.25, 0.3) is 0 Å². The van der Waals surface area contributed by atoms with E-state index in [1.165, 1.54) is 33.4 Å². The van der Waals surface area contributed by atoms with Crippen LogP contribution in [-0.4, -0.2) is 11.4 Å². The minimum atomic E-state index is 0. The average Bonchev–Trinajstić information content (AvgIpc) is 2.91. The van der Waals surface area contributed by atoms with Gasteiger partial charge in [-0.2, -0.15) is 0 Å². The molecule has 4 aromatic carbocycles. The van der Waals surface area contributed by atoms with Gasteiger partial charge in [-0.1, -0.05) is 143 Å². The van der Waals surface area contributed by atoms with Crippen molar-refractivity contribution in [1.82, 2.24) is 0 Å². The molecule has 0 saturated carbocycles. The first-order chi connectivity index (χ1) is 18.3. The summed E-state index contributed by atoms with van der Waals surface area (Å²) in [7, 11) is 0. The Labute approximate surface area is 245 Å². The fraction of sp³-hybridized carbons (Fsp3) is 0.250. The van der Waals surface area contributed by atoms with Gasteiger partial charge in [-0.05, 0) is 52.6 Å². The third-order valence-corrected chi connectivity index (χ3v) is 7.05.